The highest BCUT2D eigenvalue weighted by atomic mass is 35.5. The van der Waals surface area contributed by atoms with Crippen molar-refractivity contribution in [3.63, 3.8) is 0 Å². The van der Waals surface area contributed by atoms with Gasteiger partial charge in [0, 0.05) is 25.8 Å². The van der Waals surface area contributed by atoms with E-state index in [2.05, 4.69) is 29.4 Å². The molecule has 3 nitrogen and oxygen atoms in total. The predicted molar refractivity (Wildman–Crippen MR) is 93.7 cm³/mol. The minimum atomic E-state index is 0. The average molecular weight is 320 g/mol. The molecule has 0 amide bonds. The van der Waals surface area contributed by atoms with E-state index in [1.54, 1.807) is 7.11 Å². The number of benzene rings is 2. The maximum atomic E-state index is 5.67. The van der Waals surface area contributed by atoms with Crippen molar-refractivity contribution in [3.05, 3.63) is 42.0 Å². The number of ether oxygens (including phenoxy) is 2. The zero-order valence-electron chi connectivity index (χ0n) is 12.8. The number of terminal acetylenes is 1. The van der Waals surface area contributed by atoms with Gasteiger partial charge in [0.2, 0.25) is 0 Å². The fraction of sp³-hybridized carbons (Fsp3) is 0.333. The first-order valence-corrected chi connectivity index (χ1v) is 7.13. The van der Waals surface area contributed by atoms with Crippen molar-refractivity contribution in [1.82, 2.24) is 5.32 Å². The van der Waals surface area contributed by atoms with Crippen molar-refractivity contribution in [1.29, 1.82) is 0 Å². The summed E-state index contributed by atoms with van der Waals surface area (Å²) in [5, 5.41) is 5.84. The third-order valence-electron chi connectivity index (χ3n) is 3.31. The summed E-state index contributed by atoms with van der Waals surface area (Å²) >= 11 is 0. The summed E-state index contributed by atoms with van der Waals surface area (Å²) < 4.78 is 10.7. The molecular weight excluding hydrogens is 298 g/mol. The van der Waals surface area contributed by atoms with Crippen LogP contribution in [0.15, 0.2) is 36.4 Å². The third-order valence-corrected chi connectivity index (χ3v) is 3.31. The van der Waals surface area contributed by atoms with Gasteiger partial charge in [-0.05, 0) is 29.8 Å². The van der Waals surface area contributed by atoms with E-state index in [-0.39, 0.29) is 19.0 Å². The van der Waals surface area contributed by atoms with E-state index in [9.17, 15) is 0 Å². The van der Waals surface area contributed by atoms with E-state index in [1.165, 1.54) is 10.8 Å². The van der Waals surface area contributed by atoms with Crippen molar-refractivity contribution < 1.29 is 9.47 Å². The van der Waals surface area contributed by atoms with Gasteiger partial charge < -0.3 is 14.8 Å². The molecule has 0 aliphatic carbocycles. The van der Waals surface area contributed by atoms with E-state index in [0.717, 1.165) is 37.4 Å². The quantitative estimate of drug-likeness (QED) is 0.597. The molecule has 0 aliphatic rings. The second kappa shape index (κ2) is 10.1. The molecule has 0 saturated carbocycles. The van der Waals surface area contributed by atoms with Gasteiger partial charge in [-0.1, -0.05) is 36.3 Å². The lowest BCUT2D eigenvalue weighted by Gasteiger charge is -2.14. The molecule has 0 atom stereocenters. The lowest BCUT2D eigenvalue weighted by atomic mass is 10.0. The van der Waals surface area contributed by atoms with Gasteiger partial charge in [0.1, 0.15) is 12.4 Å². The van der Waals surface area contributed by atoms with Gasteiger partial charge in [0.25, 0.3) is 0 Å². The number of hydrogen-bond donors (Lipinski definition) is 1. The van der Waals surface area contributed by atoms with Crippen molar-refractivity contribution in [2.75, 3.05) is 26.9 Å². The molecule has 0 spiro atoms. The predicted octanol–water partition coefficient (Wildman–Crippen LogP) is 3.40. The standard InChI is InChI=1S/C18H21NO2.ClH/c1-3-12-21-18-10-9-15-7-4-5-8-16(15)17(18)14-19-11-6-13-20-2;/h1,4-5,7-10,19H,6,11-14H2,2H3;1H. The Bertz CT molecular complexity index is 622. The normalized spacial score (nSPS) is 10.0. The molecule has 0 fully saturated rings. The summed E-state index contributed by atoms with van der Waals surface area (Å²) in [7, 11) is 1.72. The molecular formula is C18H22ClNO2. The fourth-order valence-corrected chi connectivity index (χ4v) is 2.31. The topological polar surface area (TPSA) is 30.5 Å². The second-order valence-electron chi connectivity index (χ2n) is 4.78. The molecule has 0 bridgehead atoms. The summed E-state index contributed by atoms with van der Waals surface area (Å²) in [6.07, 6.45) is 6.28. The maximum absolute atomic E-state index is 5.67. The fourth-order valence-electron chi connectivity index (χ4n) is 2.31. The van der Waals surface area contributed by atoms with Crippen LogP contribution < -0.4 is 10.1 Å². The Morgan fingerprint density at radius 2 is 2.00 bits per heavy atom. The lowest BCUT2D eigenvalue weighted by Crippen LogP contribution is -2.17. The molecule has 4 heteroatoms. The Balaban J connectivity index is 0.00000242. The Kier molecular flexibility index (Phi) is 8.39. The Morgan fingerprint density at radius 3 is 2.77 bits per heavy atom. The van der Waals surface area contributed by atoms with E-state index in [1.807, 2.05) is 18.2 Å². The van der Waals surface area contributed by atoms with Crippen molar-refractivity contribution in [3.8, 4) is 18.1 Å². The van der Waals surface area contributed by atoms with Crippen LogP contribution in [0.4, 0.5) is 0 Å². The summed E-state index contributed by atoms with van der Waals surface area (Å²) in [6, 6.07) is 12.4. The van der Waals surface area contributed by atoms with Crippen LogP contribution in [-0.2, 0) is 11.3 Å². The molecule has 0 radical (unpaired) electrons. The first-order chi connectivity index (χ1) is 10.4. The number of halogens is 1. The minimum absolute atomic E-state index is 0. The van der Waals surface area contributed by atoms with Crippen LogP contribution in [0.1, 0.15) is 12.0 Å². The smallest absolute Gasteiger partial charge is 0.148 e. The maximum Gasteiger partial charge on any atom is 0.148 e. The van der Waals surface area contributed by atoms with E-state index < -0.39 is 0 Å². The third kappa shape index (κ3) is 4.92. The molecule has 0 saturated heterocycles. The minimum Gasteiger partial charge on any atom is -0.481 e. The molecule has 2 aromatic carbocycles. The van der Waals surface area contributed by atoms with E-state index >= 15 is 0 Å². The Hall–Kier alpha value is -1.73. The van der Waals surface area contributed by atoms with Crippen LogP contribution in [0.3, 0.4) is 0 Å². The van der Waals surface area contributed by atoms with Crippen molar-refractivity contribution in [2.24, 2.45) is 0 Å². The number of fused-ring (bicyclic) bond motifs is 1. The molecule has 2 rings (SSSR count). The second-order valence-corrected chi connectivity index (χ2v) is 4.78. The van der Waals surface area contributed by atoms with Crippen LogP contribution >= 0.6 is 12.4 Å². The first-order valence-electron chi connectivity index (χ1n) is 7.13. The van der Waals surface area contributed by atoms with Crippen molar-refractivity contribution >= 4 is 23.2 Å². The molecule has 0 unspecified atom stereocenters. The van der Waals surface area contributed by atoms with Crippen LogP contribution in [0.2, 0.25) is 0 Å². The summed E-state index contributed by atoms with van der Waals surface area (Å²) in [4.78, 5) is 0. The van der Waals surface area contributed by atoms with Crippen LogP contribution in [0, 0.1) is 12.3 Å². The summed E-state index contributed by atoms with van der Waals surface area (Å²) in [5.41, 5.74) is 1.15. The zero-order valence-corrected chi connectivity index (χ0v) is 13.6. The SMILES string of the molecule is C#CCOc1ccc2ccccc2c1CNCCCOC.Cl. The number of hydrogen-bond acceptors (Lipinski definition) is 3. The number of nitrogens with one attached hydrogen (secondary N) is 1. The van der Waals surface area contributed by atoms with Crippen molar-refractivity contribution in [2.45, 2.75) is 13.0 Å². The van der Waals surface area contributed by atoms with Crippen LogP contribution in [-0.4, -0.2) is 26.9 Å². The first kappa shape index (κ1) is 18.3. The van der Waals surface area contributed by atoms with Gasteiger partial charge >= 0.3 is 0 Å². The highest BCUT2D eigenvalue weighted by Gasteiger charge is 2.08. The highest BCUT2D eigenvalue weighted by molar-refractivity contribution is 5.87. The number of methoxy groups -OCH3 is 1. The molecule has 2 aromatic rings. The van der Waals surface area contributed by atoms with E-state index in [0.29, 0.717) is 0 Å². The molecule has 22 heavy (non-hydrogen) atoms. The Morgan fingerprint density at radius 1 is 1.18 bits per heavy atom. The Labute approximate surface area is 138 Å². The van der Waals surface area contributed by atoms with E-state index in [4.69, 9.17) is 15.9 Å². The molecule has 0 heterocycles. The van der Waals surface area contributed by atoms with Gasteiger partial charge in [-0.25, -0.2) is 0 Å². The van der Waals surface area contributed by atoms with Gasteiger partial charge in [-0.2, -0.15) is 0 Å². The largest absolute Gasteiger partial charge is 0.481 e. The van der Waals surface area contributed by atoms with Gasteiger partial charge in [0.05, 0.1) is 0 Å². The van der Waals surface area contributed by atoms with Crippen LogP contribution in [0.5, 0.6) is 5.75 Å². The average Bonchev–Trinajstić information content (AvgIpc) is 2.53. The lowest BCUT2D eigenvalue weighted by molar-refractivity contribution is 0.194. The van der Waals surface area contributed by atoms with Gasteiger partial charge in [-0.3, -0.25) is 0 Å². The zero-order chi connectivity index (χ0) is 14.9. The van der Waals surface area contributed by atoms with Crippen LogP contribution in [0.25, 0.3) is 10.8 Å². The number of rotatable bonds is 8. The van der Waals surface area contributed by atoms with Gasteiger partial charge in [-0.15, -0.1) is 18.8 Å². The summed E-state index contributed by atoms with van der Waals surface area (Å²) in [6.45, 7) is 2.72. The molecule has 118 valence electrons. The highest BCUT2D eigenvalue weighted by Crippen LogP contribution is 2.28. The monoisotopic (exact) mass is 319 g/mol. The summed E-state index contributed by atoms with van der Waals surface area (Å²) in [5.74, 6) is 3.37. The molecule has 0 aliphatic heterocycles. The molecule has 1 N–H and O–H groups in total. The van der Waals surface area contributed by atoms with Gasteiger partial charge in [0.15, 0.2) is 0 Å². The molecule has 0 aromatic heterocycles.